The lowest BCUT2D eigenvalue weighted by atomic mass is 10.2. The lowest BCUT2D eigenvalue weighted by Crippen LogP contribution is -2.33. The van der Waals surface area contributed by atoms with Crippen molar-refractivity contribution in [3.8, 4) is 0 Å². The number of aliphatic hydroxyl groups is 1. The zero-order valence-corrected chi connectivity index (χ0v) is 11.5. The second kappa shape index (κ2) is 7.17. The number of urea groups is 1. The van der Waals surface area contributed by atoms with E-state index in [1.165, 1.54) is 0 Å². The summed E-state index contributed by atoms with van der Waals surface area (Å²) in [4.78, 5) is 21.7. The predicted molar refractivity (Wildman–Crippen MR) is 74.4 cm³/mol. The SMILES string of the molecule is O=C(NCCC(O)C(=O)O)Nc1cccc(I)c1. The van der Waals surface area contributed by atoms with Crippen LogP contribution in [0.1, 0.15) is 6.42 Å². The van der Waals surface area contributed by atoms with Crippen LogP contribution in [0.25, 0.3) is 0 Å². The molecule has 0 heterocycles. The van der Waals surface area contributed by atoms with Gasteiger partial charge in [-0.05, 0) is 40.8 Å². The maximum Gasteiger partial charge on any atom is 0.332 e. The monoisotopic (exact) mass is 364 g/mol. The Morgan fingerprint density at radius 3 is 2.72 bits per heavy atom. The Bertz CT molecular complexity index is 439. The van der Waals surface area contributed by atoms with Gasteiger partial charge in [0.2, 0.25) is 0 Å². The van der Waals surface area contributed by atoms with Crippen LogP contribution in [0.2, 0.25) is 0 Å². The number of nitrogens with one attached hydrogen (secondary N) is 2. The van der Waals surface area contributed by atoms with E-state index >= 15 is 0 Å². The average molecular weight is 364 g/mol. The Labute approximate surface area is 118 Å². The van der Waals surface area contributed by atoms with Crippen molar-refractivity contribution in [2.45, 2.75) is 12.5 Å². The van der Waals surface area contributed by atoms with Gasteiger partial charge in [-0.15, -0.1) is 0 Å². The predicted octanol–water partition coefficient (Wildman–Crippen LogP) is 1.25. The van der Waals surface area contributed by atoms with Crippen LogP contribution in [0.4, 0.5) is 10.5 Å². The third kappa shape index (κ3) is 5.32. The number of carboxylic acid groups (broad SMARTS) is 1. The van der Waals surface area contributed by atoms with E-state index in [2.05, 4.69) is 33.2 Å². The Kier molecular flexibility index (Phi) is 5.86. The third-order valence-electron chi connectivity index (χ3n) is 2.07. The smallest absolute Gasteiger partial charge is 0.332 e. The summed E-state index contributed by atoms with van der Waals surface area (Å²) >= 11 is 2.13. The summed E-state index contributed by atoms with van der Waals surface area (Å²) in [5.41, 5.74) is 0.651. The van der Waals surface area contributed by atoms with Gasteiger partial charge in [-0.1, -0.05) is 6.07 Å². The van der Waals surface area contributed by atoms with Crippen LogP contribution in [0.3, 0.4) is 0 Å². The summed E-state index contributed by atoms with van der Waals surface area (Å²) < 4.78 is 0.992. The summed E-state index contributed by atoms with van der Waals surface area (Å²) in [5, 5.41) is 22.5. The number of amides is 2. The molecule has 1 rings (SSSR count). The molecule has 0 aliphatic rings. The van der Waals surface area contributed by atoms with Crippen LogP contribution in [-0.4, -0.2) is 34.9 Å². The number of anilines is 1. The second-order valence-electron chi connectivity index (χ2n) is 3.53. The molecule has 0 aliphatic carbocycles. The number of aliphatic hydroxyl groups excluding tert-OH is 1. The Hall–Kier alpha value is -1.35. The molecule has 0 saturated carbocycles. The number of hydrogen-bond donors (Lipinski definition) is 4. The minimum absolute atomic E-state index is 0.0327. The van der Waals surface area contributed by atoms with Crippen molar-refractivity contribution in [2.24, 2.45) is 0 Å². The van der Waals surface area contributed by atoms with Crippen LogP contribution in [0, 0.1) is 3.57 Å². The third-order valence-corrected chi connectivity index (χ3v) is 2.74. The first kappa shape index (κ1) is 14.7. The first-order valence-electron chi connectivity index (χ1n) is 5.20. The molecule has 0 radical (unpaired) electrons. The van der Waals surface area contributed by atoms with Crippen molar-refractivity contribution >= 4 is 40.3 Å². The summed E-state index contributed by atoms with van der Waals surface area (Å²) in [5.74, 6) is -1.30. The molecule has 7 heteroatoms. The molecule has 0 aliphatic heterocycles. The molecular weight excluding hydrogens is 351 g/mol. The normalized spacial score (nSPS) is 11.7. The fourth-order valence-corrected chi connectivity index (χ4v) is 1.73. The van der Waals surface area contributed by atoms with Crippen LogP contribution in [0.15, 0.2) is 24.3 Å². The first-order valence-corrected chi connectivity index (χ1v) is 6.28. The van der Waals surface area contributed by atoms with Gasteiger partial charge < -0.3 is 20.8 Å². The maximum absolute atomic E-state index is 11.4. The van der Waals surface area contributed by atoms with Crippen molar-refractivity contribution in [2.75, 3.05) is 11.9 Å². The molecule has 6 nitrogen and oxygen atoms in total. The summed E-state index contributed by atoms with van der Waals surface area (Å²) in [7, 11) is 0. The number of carbonyl (C=O) groups is 2. The van der Waals surface area contributed by atoms with Gasteiger partial charge in [0, 0.05) is 22.2 Å². The van der Waals surface area contributed by atoms with E-state index in [0.717, 1.165) is 3.57 Å². The summed E-state index contributed by atoms with van der Waals surface area (Å²) in [6.45, 7) is 0.0865. The van der Waals surface area contributed by atoms with E-state index in [1.807, 2.05) is 12.1 Å². The number of carbonyl (C=O) groups excluding carboxylic acids is 1. The van der Waals surface area contributed by atoms with Crippen molar-refractivity contribution in [1.82, 2.24) is 5.32 Å². The molecule has 1 aromatic rings. The number of aliphatic carboxylic acids is 1. The van der Waals surface area contributed by atoms with Crippen LogP contribution in [0.5, 0.6) is 0 Å². The molecule has 0 fully saturated rings. The van der Waals surface area contributed by atoms with Crippen molar-refractivity contribution in [3.63, 3.8) is 0 Å². The Morgan fingerprint density at radius 1 is 1.39 bits per heavy atom. The van der Waals surface area contributed by atoms with Crippen molar-refractivity contribution in [1.29, 1.82) is 0 Å². The molecule has 18 heavy (non-hydrogen) atoms. The average Bonchev–Trinajstić information content (AvgIpc) is 2.28. The van der Waals surface area contributed by atoms with Gasteiger partial charge in [0.25, 0.3) is 0 Å². The molecular formula is C11H13IN2O4. The van der Waals surface area contributed by atoms with E-state index in [1.54, 1.807) is 12.1 Å². The number of halogens is 1. The topological polar surface area (TPSA) is 98.7 Å². The highest BCUT2D eigenvalue weighted by molar-refractivity contribution is 14.1. The van der Waals surface area contributed by atoms with Crippen molar-refractivity contribution < 1.29 is 19.8 Å². The fourth-order valence-electron chi connectivity index (χ4n) is 1.19. The van der Waals surface area contributed by atoms with Crippen molar-refractivity contribution in [3.05, 3.63) is 27.8 Å². The van der Waals surface area contributed by atoms with Crippen LogP contribution >= 0.6 is 22.6 Å². The standard InChI is InChI=1S/C11H13IN2O4/c12-7-2-1-3-8(6-7)14-11(18)13-5-4-9(15)10(16)17/h1-3,6,9,15H,4-5H2,(H,16,17)(H2,13,14,18). The highest BCUT2D eigenvalue weighted by atomic mass is 127. The van der Waals surface area contributed by atoms with Gasteiger partial charge in [0.15, 0.2) is 6.10 Å². The second-order valence-corrected chi connectivity index (χ2v) is 4.78. The number of benzene rings is 1. The molecule has 2 amide bonds. The van der Waals surface area contributed by atoms with E-state index < -0.39 is 18.1 Å². The molecule has 0 spiro atoms. The summed E-state index contributed by atoms with van der Waals surface area (Å²) in [6.07, 6.45) is -1.49. The lowest BCUT2D eigenvalue weighted by Gasteiger charge is -2.09. The molecule has 1 atom stereocenters. The minimum Gasteiger partial charge on any atom is -0.479 e. The lowest BCUT2D eigenvalue weighted by molar-refractivity contribution is -0.146. The van der Waals surface area contributed by atoms with Gasteiger partial charge in [0.05, 0.1) is 0 Å². The summed E-state index contributed by atoms with van der Waals surface area (Å²) in [6, 6.07) is 6.81. The zero-order valence-electron chi connectivity index (χ0n) is 9.39. The van der Waals surface area contributed by atoms with E-state index in [9.17, 15) is 9.59 Å². The fraction of sp³-hybridized carbons (Fsp3) is 0.273. The van der Waals surface area contributed by atoms with Gasteiger partial charge >= 0.3 is 12.0 Å². The number of hydrogen-bond acceptors (Lipinski definition) is 3. The number of carboxylic acids is 1. The van der Waals surface area contributed by atoms with Gasteiger partial charge in [-0.2, -0.15) is 0 Å². The van der Waals surface area contributed by atoms with E-state index in [-0.39, 0.29) is 13.0 Å². The molecule has 1 aromatic carbocycles. The molecule has 1 unspecified atom stereocenters. The van der Waals surface area contributed by atoms with Crippen LogP contribution < -0.4 is 10.6 Å². The van der Waals surface area contributed by atoms with Gasteiger partial charge in [-0.25, -0.2) is 9.59 Å². The molecule has 4 N–H and O–H groups in total. The quantitative estimate of drug-likeness (QED) is 0.591. The van der Waals surface area contributed by atoms with Gasteiger partial charge in [-0.3, -0.25) is 0 Å². The van der Waals surface area contributed by atoms with Gasteiger partial charge in [0.1, 0.15) is 0 Å². The van der Waals surface area contributed by atoms with E-state index in [4.69, 9.17) is 10.2 Å². The Morgan fingerprint density at radius 2 is 2.11 bits per heavy atom. The maximum atomic E-state index is 11.4. The molecule has 98 valence electrons. The molecule has 0 aromatic heterocycles. The molecule has 0 saturated heterocycles. The first-order chi connectivity index (χ1) is 8.49. The Balaban J connectivity index is 2.32. The highest BCUT2D eigenvalue weighted by Crippen LogP contribution is 2.11. The zero-order chi connectivity index (χ0) is 13.5. The van der Waals surface area contributed by atoms with Crippen LogP contribution in [-0.2, 0) is 4.79 Å². The number of rotatable bonds is 5. The largest absolute Gasteiger partial charge is 0.479 e. The highest BCUT2D eigenvalue weighted by Gasteiger charge is 2.12. The molecule has 0 bridgehead atoms. The van der Waals surface area contributed by atoms with E-state index in [0.29, 0.717) is 5.69 Å². The minimum atomic E-state index is -1.46.